The van der Waals surface area contributed by atoms with Crippen LogP contribution >= 0.6 is 11.3 Å². The minimum Gasteiger partial charge on any atom is -0.367 e. The number of rotatable bonds is 7. The van der Waals surface area contributed by atoms with E-state index in [9.17, 15) is 9.59 Å². The molecule has 1 aromatic heterocycles. The van der Waals surface area contributed by atoms with Crippen molar-refractivity contribution in [2.75, 3.05) is 30.4 Å². The van der Waals surface area contributed by atoms with Crippen molar-refractivity contribution in [1.29, 1.82) is 0 Å². The molecule has 2 heterocycles. The number of anilines is 2. The molecule has 0 atom stereocenters. The Balaban J connectivity index is 1.19. The molecule has 0 radical (unpaired) electrons. The zero-order valence-corrected chi connectivity index (χ0v) is 19.0. The summed E-state index contributed by atoms with van der Waals surface area (Å²) >= 11 is 1.84. The topological polar surface area (TPSA) is 64.7 Å². The van der Waals surface area contributed by atoms with E-state index < -0.39 is 0 Å². The van der Waals surface area contributed by atoms with Crippen LogP contribution in [-0.4, -0.2) is 37.0 Å². The van der Waals surface area contributed by atoms with Crippen LogP contribution in [0.3, 0.4) is 0 Å². The van der Waals surface area contributed by atoms with Gasteiger partial charge >= 0.3 is 6.03 Å². The van der Waals surface area contributed by atoms with Crippen molar-refractivity contribution in [3.63, 3.8) is 0 Å². The average Bonchev–Trinajstić information content (AvgIpc) is 3.28. The molecule has 0 aliphatic carbocycles. The van der Waals surface area contributed by atoms with Crippen molar-refractivity contribution in [3.05, 3.63) is 82.0 Å². The number of hydrogen-bond donors (Lipinski definition) is 2. The molecule has 0 fully saturated rings. The Kier molecular flexibility index (Phi) is 7.07. The minimum absolute atomic E-state index is 0.121. The van der Waals surface area contributed by atoms with E-state index in [0.29, 0.717) is 13.1 Å². The van der Waals surface area contributed by atoms with Crippen LogP contribution in [0.2, 0.25) is 0 Å². The molecule has 1 aliphatic heterocycles. The van der Waals surface area contributed by atoms with Crippen LogP contribution in [0.15, 0.2) is 66.0 Å². The first-order chi connectivity index (χ1) is 15.6. The van der Waals surface area contributed by atoms with Crippen LogP contribution in [-0.2, 0) is 24.3 Å². The van der Waals surface area contributed by atoms with E-state index in [1.807, 2.05) is 65.9 Å². The monoisotopic (exact) mass is 448 g/mol. The number of carbonyl (C=O) groups excluding carboxylic acids is 2. The lowest BCUT2D eigenvalue weighted by atomic mass is 10.1. The second-order valence-electron chi connectivity index (χ2n) is 7.96. The summed E-state index contributed by atoms with van der Waals surface area (Å²) in [6, 6.07) is 19.8. The molecule has 6 nitrogen and oxygen atoms in total. The van der Waals surface area contributed by atoms with Crippen LogP contribution in [0.4, 0.5) is 16.2 Å². The summed E-state index contributed by atoms with van der Waals surface area (Å²) in [5.74, 6) is -0.121. The summed E-state index contributed by atoms with van der Waals surface area (Å²) in [7, 11) is 1.74. The van der Waals surface area contributed by atoms with Gasteiger partial charge in [0.05, 0.1) is 0 Å². The maximum absolute atomic E-state index is 12.3. The van der Waals surface area contributed by atoms with Gasteiger partial charge in [-0.2, -0.15) is 0 Å². The molecule has 32 heavy (non-hydrogen) atoms. The average molecular weight is 449 g/mol. The third kappa shape index (κ3) is 5.68. The zero-order valence-electron chi connectivity index (χ0n) is 18.2. The van der Waals surface area contributed by atoms with E-state index in [4.69, 9.17) is 0 Å². The van der Waals surface area contributed by atoms with Gasteiger partial charge in [-0.05, 0) is 53.3 Å². The molecule has 1 aliphatic rings. The summed E-state index contributed by atoms with van der Waals surface area (Å²) in [6.45, 7) is 2.76. The molecule has 2 aromatic carbocycles. The molecule has 3 aromatic rings. The smallest absolute Gasteiger partial charge is 0.317 e. The highest BCUT2D eigenvalue weighted by molar-refractivity contribution is 7.10. The summed E-state index contributed by atoms with van der Waals surface area (Å²) in [5, 5.41) is 7.87. The number of amides is 3. The quantitative estimate of drug-likeness (QED) is 0.560. The van der Waals surface area contributed by atoms with Crippen LogP contribution in [0.1, 0.15) is 22.4 Å². The van der Waals surface area contributed by atoms with E-state index >= 15 is 0 Å². The number of nitrogens with one attached hydrogen (secondary N) is 2. The maximum atomic E-state index is 12.3. The van der Waals surface area contributed by atoms with E-state index in [2.05, 4.69) is 27.0 Å². The Morgan fingerprint density at radius 3 is 2.62 bits per heavy atom. The van der Waals surface area contributed by atoms with Crippen molar-refractivity contribution >= 4 is 34.6 Å². The summed E-state index contributed by atoms with van der Waals surface area (Å²) in [6.07, 6.45) is 1.30. The Hall–Kier alpha value is -3.32. The highest BCUT2D eigenvalue weighted by Gasteiger charge is 2.17. The van der Waals surface area contributed by atoms with Crippen molar-refractivity contribution < 1.29 is 9.59 Å². The van der Waals surface area contributed by atoms with Crippen LogP contribution in [0, 0.1) is 0 Å². The second kappa shape index (κ2) is 10.3. The molecule has 2 N–H and O–H groups in total. The van der Waals surface area contributed by atoms with E-state index in [1.54, 1.807) is 11.9 Å². The van der Waals surface area contributed by atoms with Crippen molar-refractivity contribution in [2.24, 2.45) is 0 Å². The summed E-state index contributed by atoms with van der Waals surface area (Å²) in [5.41, 5.74) is 4.40. The highest BCUT2D eigenvalue weighted by Crippen LogP contribution is 2.28. The number of thiophene rings is 1. The predicted octanol–water partition coefficient (Wildman–Crippen LogP) is 4.48. The predicted molar refractivity (Wildman–Crippen MR) is 130 cm³/mol. The zero-order chi connectivity index (χ0) is 22.3. The van der Waals surface area contributed by atoms with Crippen molar-refractivity contribution in [2.45, 2.75) is 25.9 Å². The SMILES string of the molecule is CN(Cc1ccccc1)C(=O)NCCC(=O)Nc1ccc(N2CCc3sccc3C2)cc1. The molecule has 7 heteroatoms. The fourth-order valence-electron chi connectivity index (χ4n) is 3.79. The summed E-state index contributed by atoms with van der Waals surface area (Å²) in [4.78, 5) is 29.9. The molecular weight excluding hydrogens is 420 g/mol. The minimum atomic E-state index is -0.193. The third-order valence-electron chi connectivity index (χ3n) is 5.56. The first-order valence-electron chi connectivity index (χ1n) is 10.8. The van der Waals surface area contributed by atoms with E-state index in [-0.39, 0.29) is 18.4 Å². The van der Waals surface area contributed by atoms with Crippen molar-refractivity contribution in [3.8, 4) is 0 Å². The fraction of sp³-hybridized carbons (Fsp3) is 0.280. The second-order valence-corrected chi connectivity index (χ2v) is 8.96. The highest BCUT2D eigenvalue weighted by atomic mass is 32.1. The maximum Gasteiger partial charge on any atom is 0.317 e. The largest absolute Gasteiger partial charge is 0.367 e. The Bertz CT molecular complexity index is 1050. The number of carbonyl (C=O) groups is 2. The lowest BCUT2D eigenvalue weighted by molar-refractivity contribution is -0.116. The molecular formula is C25H28N4O2S. The normalized spacial score (nSPS) is 12.7. The standard InChI is InChI=1S/C25H28N4O2S/c1-28(17-19-5-3-2-4-6-19)25(31)26-14-11-24(30)27-21-7-9-22(10-8-21)29-15-12-23-20(18-29)13-16-32-23/h2-10,13,16H,11-12,14-15,17-18H2,1H3,(H,26,31)(H,27,30). The molecule has 4 rings (SSSR count). The number of nitrogens with zero attached hydrogens (tertiary/aromatic N) is 2. The molecule has 3 amide bonds. The van der Waals surface area contributed by atoms with Gasteiger partial charge < -0.3 is 20.4 Å². The third-order valence-corrected chi connectivity index (χ3v) is 6.58. The van der Waals surface area contributed by atoms with Gasteiger partial charge in [0.1, 0.15) is 0 Å². The number of hydrogen-bond acceptors (Lipinski definition) is 4. The first-order valence-corrected chi connectivity index (χ1v) is 11.7. The van der Waals surface area contributed by atoms with Crippen molar-refractivity contribution in [1.82, 2.24) is 10.2 Å². The van der Waals surface area contributed by atoms with Gasteiger partial charge in [0.15, 0.2) is 0 Å². The Labute approximate surface area is 192 Å². The lowest BCUT2D eigenvalue weighted by Gasteiger charge is -2.29. The van der Waals surface area contributed by atoms with Gasteiger partial charge in [0.25, 0.3) is 0 Å². The Morgan fingerprint density at radius 1 is 1.06 bits per heavy atom. The van der Waals surface area contributed by atoms with Crippen LogP contribution < -0.4 is 15.5 Å². The van der Waals surface area contributed by atoms with Crippen LogP contribution in [0.25, 0.3) is 0 Å². The lowest BCUT2D eigenvalue weighted by Crippen LogP contribution is -2.38. The molecule has 0 unspecified atom stereocenters. The van der Waals surface area contributed by atoms with Gasteiger partial charge in [-0.15, -0.1) is 11.3 Å². The van der Waals surface area contributed by atoms with E-state index in [0.717, 1.165) is 36.4 Å². The van der Waals surface area contributed by atoms with Gasteiger partial charge in [0, 0.05) is 55.9 Å². The molecule has 0 saturated carbocycles. The summed E-state index contributed by atoms with van der Waals surface area (Å²) < 4.78 is 0. The number of benzene rings is 2. The van der Waals surface area contributed by atoms with Crippen LogP contribution in [0.5, 0.6) is 0 Å². The first kappa shape index (κ1) is 21.9. The van der Waals surface area contributed by atoms with Gasteiger partial charge in [-0.3, -0.25) is 4.79 Å². The van der Waals surface area contributed by atoms with Gasteiger partial charge in [-0.1, -0.05) is 30.3 Å². The van der Waals surface area contributed by atoms with Gasteiger partial charge in [-0.25, -0.2) is 4.79 Å². The molecule has 0 spiro atoms. The Morgan fingerprint density at radius 2 is 1.84 bits per heavy atom. The van der Waals surface area contributed by atoms with E-state index in [1.165, 1.54) is 10.4 Å². The fourth-order valence-corrected chi connectivity index (χ4v) is 4.68. The molecule has 0 bridgehead atoms. The molecule has 0 saturated heterocycles. The molecule has 166 valence electrons. The number of fused-ring (bicyclic) bond motifs is 1. The van der Waals surface area contributed by atoms with Gasteiger partial charge in [0.2, 0.25) is 5.91 Å². The number of urea groups is 1.